The van der Waals surface area contributed by atoms with Crippen LogP contribution in [0.5, 0.6) is 0 Å². The van der Waals surface area contributed by atoms with E-state index in [2.05, 4.69) is 20.7 Å². The lowest BCUT2D eigenvalue weighted by atomic mass is 10.2. The highest BCUT2D eigenvalue weighted by Crippen LogP contribution is 2.25. The number of hydrogen-bond donors (Lipinski definition) is 1. The first-order valence-electron chi connectivity index (χ1n) is 7.49. The van der Waals surface area contributed by atoms with Crippen molar-refractivity contribution in [2.24, 2.45) is 0 Å². The monoisotopic (exact) mass is 369 g/mol. The number of rotatable bonds is 6. The zero-order valence-corrected chi connectivity index (χ0v) is 13.6. The van der Waals surface area contributed by atoms with Crippen LogP contribution >= 0.6 is 0 Å². The van der Waals surface area contributed by atoms with E-state index in [0.717, 1.165) is 28.6 Å². The normalized spacial score (nSPS) is 10.4. The summed E-state index contributed by atoms with van der Waals surface area (Å²) in [6.07, 6.45) is 0. The molecule has 0 spiro atoms. The number of nitrogens with zero attached hydrogens (tertiary/aromatic N) is 6. The minimum absolute atomic E-state index is 0.0794. The SMILES string of the molecule is O=C(Cn1nnc(-c2ccccc2)n1)Nc1cc([N+](=O)[O-])cc([N+](=O)[O-])c1. The van der Waals surface area contributed by atoms with E-state index in [1.807, 2.05) is 6.07 Å². The molecule has 12 heteroatoms. The van der Waals surface area contributed by atoms with Gasteiger partial charge >= 0.3 is 0 Å². The lowest BCUT2D eigenvalue weighted by Crippen LogP contribution is -2.20. The molecule has 0 aliphatic carbocycles. The Morgan fingerprint density at radius 3 is 2.26 bits per heavy atom. The first-order chi connectivity index (χ1) is 12.9. The van der Waals surface area contributed by atoms with Gasteiger partial charge in [-0.05, 0) is 5.21 Å². The Morgan fingerprint density at radius 2 is 1.67 bits per heavy atom. The van der Waals surface area contributed by atoms with Crippen LogP contribution < -0.4 is 5.32 Å². The van der Waals surface area contributed by atoms with Gasteiger partial charge < -0.3 is 5.32 Å². The fourth-order valence-electron chi connectivity index (χ4n) is 2.22. The van der Waals surface area contributed by atoms with Crippen LogP contribution in [0.4, 0.5) is 17.1 Å². The molecular formula is C15H11N7O5. The highest BCUT2D eigenvalue weighted by molar-refractivity contribution is 5.91. The smallest absolute Gasteiger partial charge is 0.278 e. The number of carbonyl (C=O) groups excluding carboxylic acids is 1. The Hall–Kier alpha value is -4.22. The maximum Gasteiger partial charge on any atom is 0.278 e. The van der Waals surface area contributed by atoms with Gasteiger partial charge in [0.1, 0.15) is 6.54 Å². The van der Waals surface area contributed by atoms with Crippen molar-refractivity contribution in [1.82, 2.24) is 20.2 Å². The number of benzene rings is 2. The number of hydrogen-bond acceptors (Lipinski definition) is 8. The average Bonchev–Trinajstić information content (AvgIpc) is 3.10. The molecule has 2 aromatic carbocycles. The molecule has 0 radical (unpaired) electrons. The van der Waals surface area contributed by atoms with Crippen molar-refractivity contribution >= 4 is 23.0 Å². The van der Waals surface area contributed by atoms with Crippen LogP contribution in [-0.2, 0) is 11.3 Å². The summed E-state index contributed by atoms with van der Waals surface area (Å²) in [5, 5.41) is 35.8. The van der Waals surface area contributed by atoms with Crippen LogP contribution in [0.2, 0.25) is 0 Å². The van der Waals surface area contributed by atoms with Crippen molar-refractivity contribution in [2.75, 3.05) is 5.32 Å². The highest BCUT2D eigenvalue weighted by Gasteiger charge is 2.18. The maximum atomic E-state index is 12.1. The van der Waals surface area contributed by atoms with Crippen LogP contribution in [0.15, 0.2) is 48.5 Å². The molecule has 1 heterocycles. The van der Waals surface area contributed by atoms with E-state index >= 15 is 0 Å². The van der Waals surface area contributed by atoms with E-state index < -0.39 is 27.1 Å². The fraction of sp³-hybridized carbons (Fsp3) is 0.0667. The minimum atomic E-state index is -0.784. The molecule has 12 nitrogen and oxygen atoms in total. The highest BCUT2D eigenvalue weighted by atomic mass is 16.6. The topological polar surface area (TPSA) is 159 Å². The zero-order chi connectivity index (χ0) is 19.4. The third-order valence-electron chi connectivity index (χ3n) is 3.38. The summed E-state index contributed by atoms with van der Waals surface area (Å²) < 4.78 is 0. The second-order valence-corrected chi connectivity index (χ2v) is 5.31. The van der Waals surface area contributed by atoms with Gasteiger partial charge in [0.25, 0.3) is 11.4 Å². The molecule has 0 aliphatic rings. The summed E-state index contributed by atoms with van der Waals surface area (Å²) in [6.45, 7) is -0.323. The molecular weight excluding hydrogens is 358 g/mol. The van der Waals surface area contributed by atoms with Crippen molar-refractivity contribution in [1.29, 1.82) is 0 Å². The van der Waals surface area contributed by atoms with Gasteiger partial charge in [-0.2, -0.15) is 4.80 Å². The van der Waals surface area contributed by atoms with Gasteiger partial charge in [-0.15, -0.1) is 10.2 Å². The predicted octanol–water partition coefficient (Wildman–Crippen LogP) is 1.80. The van der Waals surface area contributed by atoms with E-state index in [1.165, 1.54) is 0 Å². The van der Waals surface area contributed by atoms with Crippen molar-refractivity contribution in [2.45, 2.75) is 6.54 Å². The van der Waals surface area contributed by atoms with E-state index in [4.69, 9.17) is 0 Å². The number of tetrazole rings is 1. The second-order valence-electron chi connectivity index (χ2n) is 5.31. The number of non-ortho nitro benzene ring substituents is 2. The summed E-state index contributed by atoms with van der Waals surface area (Å²) in [5.41, 5.74) is -0.378. The standard InChI is InChI=1S/C15H11N7O5/c23-14(9-20-18-15(17-19-20)10-4-2-1-3-5-10)16-11-6-12(21(24)25)8-13(7-11)22(26)27/h1-8H,9H2,(H,16,23). The number of amides is 1. The molecule has 1 N–H and O–H groups in total. The van der Waals surface area contributed by atoms with Gasteiger partial charge in [0.15, 0.2) is 0 Å². The Balaban J connectivity index is 1.74. The van der Waals surface area contributed by atoms with Crippen LogP contribution in [0.3, 0.4) is 0 Å². The lowest BCUT2D eigenvalue weighted by molar-refractivity contribution is -0.394. The average molecular weight is 369 g/mol. The molecule has 0 saturated carbocycles. The largest absolute Gasteiger partial charge is 0.324 e. The molecule has 1 aromatic heterocycles. The Kier molecular flexibility index (Phi) is 4.79. The van der Waals surface area contributed by atoms with Gasteiger partial charge in [-0.1, -0.05) is 30.3 Å². The summed E-state index contributed by atoms with van der Waals surface area (Å²) in [6, 6.07) is 11.9. The van der Waals surface area contributed by atoms with Gasteiger partial charge in [0.05, 0.1) is 21.6 Å². The maximum absolute atomic E-state index is 12.1. The van der Waals surface area contributed by atoms with Gasteiger partial charge in [0.2, 0.25) is 11.7 Å². The van der Waals surface area contributed by atoms with Crippen molar-refractivity contribution in [3.05, 3.63) is 68.8 Å². The van der Waals surface area contributed by atoms with E-state index in [9.17, 15) is 25.0 Å². The van der Waals surface area contributed by atoms with Crippen LogP contribution in [-0.4, -0.2) is 36.0 Å². The van der Waals surface area contributed by atoms with Crippen LogP contribution in [0, 0.1) is 20.2 Å². The van der Waals surface area contributed by atoms with Gasteiger partial charge in [-0.25, -0.2) is 0 Å². The quantitative estimate of drug-likeness (QED) is 0.508. The number of aromatic nitrogens is 4. The molecule has 1 amide bonds. The molecule has 0 saturated heterocycles. The van der Waals surface area contributed by atoms with E-state index in [-0.39, 0.29) is 12.2 Å². The first-order valence-corrected chi connectivity index (χ1v) is 7.49. The van der Waals surface area contributed by atoms with E-state index in [0.29, 0.717) is 5.82 Å². The molecule has 27 heavy (non-hydrogen) atoms. The Bertz CT molecular complexity index is 986. The molecule has 0 fully saturated rings. The van der Waals surface area contributed by atoms with Crippen LogP contribution in [0.1, 0.15) is 0 Å². The van der Waals surface area contributed by atoms with Crippen LogP contribution in [0.25, 0.3) is 11.4 Å². The van der Waals surface area contributed by atoms with Gasteiger partial charge in [-0.3, -0.25) is 25.0 Å². The molecule has 0 aliphatic heterocycles. The third-order valence-corrected chi connectivity index (χ3v) is 3.38. The molecule has 3 rings (SSSR count). The summed E-state index contributed by atoms with van der Waals surface area (Å²) >= 11 is 0. The van der Waals surface area contributed by atoms with Crippen molar-refractivity contribution in [3.63, 3.8) is 0 Å². The first kappa shape index (κ1) is 17.6. The fourth-order valence-corrected chi connectivity index (χ4v) is 2.22. The number of nitrogens with one attached hydrogen (secondary N) is 1. The third kappa shape index (κ3) is 4.25. The summed E-state index contributed by atoms with van der Waals surface area (Å²) in [5.74, 6) is -0.295. The number of anilines is 1. The second kappa shape index (κ2) is 7.35. The number of nitro groups is 2. The lowest BCUT2D eigenvalue weighted by Gasteiger charge is -2.04. The van der Waals surface area contributed by atoms with E-state index in [1.54, 1.807) is 24.3 Å². The number of carbonyl (C=O) groups is 1. The molecule has 136 valence electrons. The van der Waals surface area contributed by atoms with Crippen molar-refractivity contribution in [3.8, 4) is 11.4 Å². The predicted molar refractivity (Wildman–Crippen MR) is 91.6 cm³/mol. The summed E-state index contributed by atoms with van der Waals surface area (Å²) in [4.78, 5) is 33.3. The van der Waals surface area contributed by atoms with Crippen molar-refractivity contribution < 1.29 is 14.6 Å². The Morgan fingerprint density at radius 1 is 1.04 bits per heavy atom. The Labute approximate surface area is 150 Å². The summed E-state index contributed by atoms with van der Waals surface area (Å²) in [7, 11) is 0. The molecule has 3 aromatic rings. The molecule has 0 atom stereocenters. The minimum Gasteiger partial charge on any atom is -0.324 e. The van der Waals surface area contributed by atoms with Gasteiger partial charge in [0, 0.05) is 17.7 Å². The molecule has 0 bridgehead atoms. The zero-order valence-electron chi connectivity index (χ0n) is 13.6. The molecule has 0 unspecified atom stereocenters. The number of nitro benzene ring substituents is 2.